The molecule has 1 heterocycles. The molecule has 1 rings (SSSR count). The van der Waals surface area contributed by atoms with E-state index in [0.717, 1.165) is 25.8 Å². The molecule has 0 radical (unpaired) electrons. The van der Waals surface area contributed by atoms with Crippen LogP contribution in [0.25, 0.3) is 0 Å². The van der Waals surface area contributed by atoms with Gasteiger partial charge in [-0.1, -0.05) is 0 Å². The van der Waals surface area contributed by atoms with E-state index in [1.54, 1.807) is 11.8 Å². The van der Waals surface area contributed by atoms with Gasteiger partial charge in [0.15, 0.2) is 0 Å². The second-order valence-corrected chi connectivity index (χ2v) is 7.41. The molecule has 1 unspecified atom stereocenters. The minimum Gasteiger partial charge on any atom is -0.481 e. The van der Waals surface area contributed by atoms with E-state index in [4.69, 9.17) is 5.11 Å². The first kappa shape index (κ1) is 17.1. The fourth-order valence-electron chi connectivity index (χ4n) is 2.32. The fourth-order valence-corrected chi connectivity index (χ4v) is 2.54. The molecule has 6 heteroatoms. The molecule has 1 fully saturated rings. The lowest BCUT2D eigenvalue weighted by Crippen LogP contribution is -2.50. The summed E-state index contributed by atoms with van der Waals surface area (Å²) in [6.07, 6.45) is 5.70. The van der Waals surface area contributed by atoms with Crippen molar-refractivity contribution in [2.75, 3.05) is 19.3 Å². The number of likely N-dealkylation sites (tertiary alicyclic amines) is 1. The van der Waals surface area contributed by atoms with Crippen LogP contribution >= 0.6 is 11.8 Å². The highest BCUT2D eigenvalue weighted by molar-refractivity contribution is 7.99. The number of rotatable bonds is 6. The van der Waals surface area contributed by atoms with Gasteiger partial charge >= 0.3 is 12.0 Å². The predicted octanol–water partition coefficient (Wildman–Crippen LogP) is 2.56. The maximum absolute atomic E-state index is 12.3. The molecule has 1 aliphatic heterocycles. The number of urea groups is 1. The number of carbonyl (C=O) groups excluding carboxylic acids is 1. The molecule has 116 valence electrons. The molecule has 0 bridgehead atoms. The third kappa shape index (κ3) is 5.61. The largest absolute Gasteiger partial charge is 0.481 e. The summed E-state index contributed by atoms with van der Waals surface area (Å²) in [6.45, 7) is 5.54. The number of hydrogen-bond donors (Lipinski definition) is 2. The highest BCUT2D eigenvalue weighted by atomic mass is 32.2. The van der Waals surface area contributed by atoms with E-state index in [0.29, 0.717) is 13.0 Å². The van der Waals surface area contributed by atoms with Gasteiger partial charge in [0, 0.05) is 30.3 Å². The van der Waals surface area contributed by atoms with E-state index in [9.17, 15) is 9.59 Å². The van der Waals surface area contributed by atoms with Crippen LogP contribution in [0.2, 0.25) is 0 Å². The Balaban J connectivity index is 2.51. The van der Waals surface area contributed by atoms with Gasteiger partial charge in [0.05, 0.1) is 0 Å². The molecular weight excluding hydrogens is 276 g/mol. The smallest absolute Gasteiger partial charge is 0.317 e. The maximum atomic E-state index is 12.3. The number of piperidine rings is 1. The molecule has 0 aliphatic carbocycles. The standard InChI is InChI=1S/C14H26N2O3S/c1-14(2,20-3)10-15-13(19)16-9-5-4-6-11(16)7-8-12(17)18/h11H,4-10H2,1-3H3,(H,15,19)(H,17,18). The number of carboxylic acid groups (broad SMARTS) is 1. The van der Waals surface area contributed by atoms with Gasteiger partial charge in [-0.3, -0.25) is 4.79 Å². The van der Waals surface area contributed by atoms with Crippen molar-refractivity contribution in [3.05, 3.63) is 0 Å². The molecule has 0 aromatic rings. The number of amides is 2. The van der Waals surface area contributed by atoms with E-state index in [1.165, 1.54) is 0 Å². The molecular formula is C14H26N2O3S. The van der Waals surface area contributed by atoms with Gasteiger partial charge in [-0.15, -0.1) is 0 Å². The summed E-state index contributed by atoms with van der Waals surface area (Å²) >= 11 is 1.72. The lowest BCUT2D eigenvalue weighted by atomic mass is 9.98. The Morgan fingerprint density at radius 1 is 1.40 bits per heavy atom. The van der Waals surface area contributed by atoms with Crippen LogP contribution in [0.4, 0.5) is 4.79 Å². The third-order valence-corrected chi connectivity index (χ3v) is 5.05. The van der Waals surface area contributed by atoms with Gasteiger partial charge in [0.2, 0.25) is 0 Å². The van der Waals surface area contributed by atoms with E-state index < -0.39 is 5.97 Å². The van der Waals surface area contributed by atoms with Crippen molar-refractivity contribution in [2.24, 2.45) is 0 Å². The SMILES string of the molecule is CSC(C)(C)CNC(=O)N1CCCCC1CCC(=O)O. The first-order chi connectivity index (χ1) is 9.35. The maximum Gasteiger partial charge on any atom is 0.317 e. The van der Waals surface area contributed by atoms with Crippen LogP contribution in [0.3, 0.4) is 0 Å². The molecule has 2 N–H and O–H groups in total. The summed E-state index contributed by atoms with van der Waals surface area (Å²) in [5, 5.41) is 11.8. The first-order valence-electron chi connectivity index (χ1n) is 7.17. The molecule has 0 spiro atoms. The van der Waals surface area contributed by atoms with Crippen molar-refractivity contribution in [3.8, 4) is 0 Å². The van der Waals surface area contributed by atoms with Crippen molar-refractivity contribution < 1.29 is 14.7 Å². The van der Waals surface area contributed by atoms with Crippen molar-refractivity contribution in [1.29, 1.82) is 0 Å². The Morgan fingerprint density at radius 3 is 2.70 bits per heavy atom. The van der Waals surface area contributed by atoms with Crippen LogP contribution in [0.1, 0.15) is 46.0 Å². The zero-order valence-corrected chi connectivity index (χ0v) is 13.5. The third-order valence-electron chi connectivity index (χ3n) is 3.80. The van der Waals surface area contributed by atoms with Crippen LogP contribution in [0.5, 0.6) is 0 Å². The monoisotopic (exact) mass is 302 g/mol. The Kier molecular flexibility index (Phi) is 6.65. The molecule has 2 amide bonds. The topological polar surface area (TPSA) is 69.6 Å². The summed E-state index contributed by atoms with van der Waals surface area (Å²) in [4.78, 5) is 24.8. The van der Waals surface area contributed by atoms with Gasteiger partial charge < -0.3 is 15.3 Å². The zero-order chi connectivity index (χ0) is 15.2. The Morgan fingerprint density at radius 2 is 2.10 bits per heavy atom. The summed E-state index contributed by atoms with van der Waals surface area (Å²) in [7, 11) is 0. The molecule has 20 heavy (non-hydrogen) atoms. The van der Waals surface area contributed by atoms with Crippen LogP contribution in [-0.4, -0.2) is 52.1 Å². The van der Waals surface area contributed by atoms with Crippen molar-refractivity contribution in [2.45, 2.75) is 56.7 Å². The molecule has 5 nitrogen and oxygen atoms in total. The van der Waals surface area contributed by atoms with Gasteiger partial charge in [-0.25, -0.2) is 4.79 Å². The number of hydrogen-bond acceptors (Lipinski definition) is 3. The van der Waals surface area contributed by atoms with Crippen LogP contribution in [0.15, 0.2) is 0 Å². The summed E-state index contributed by atoms with van der Waals surface area (Å²) in [5.41, 5.74) is 0. The molecule has 1 atom stereocenters. The highest BCUT2D eigenvalue weighted by Crippen LogP contribution is 2.22. The van der Waals surface area contributed by atoms with E-state index in [2.05, 4.69) is 19.2 Å². The van der Waals surface area contributed by atoms with Gasteiger partial charge in [0.25, 0.3) is 0 Å². The molecule has 1 saturated heterocycles. The Bertz CT molecular complexity index is 347. The summed E-state index contributed by atoms with van der Waals surface area (Å²) in [6, 6.07) is 0.0134. The molecule has 0 aromatic heterocycles. The first-order valence-corrected chi connectivity index (χ1v) is 8.39. The Labute approximate surface area is 125 Å². The highest BCUT2D eigenvalue weighted by Gasteiger charge is 2.28. The number of nitrogens with zero attached hydrogens (tertiary/aromatic N) is 1. The van der Waals surface area contributed by atoms with Crippen LogP contribution < -0.4 is 5.32 Å². The van der Waals surface area contributed by atoms with E-state index in [-0.39, 0.29) is 23.2 Å². The average molecular weight is 302 g/mol. The van der Waals surface area contributed by atoms with Crippen molar-refractivity contribution in [1.82, 2.24) is 10.2 Å². The van der Waals surface area contributed by atoms with Crippen LogP contribution in [-0.2, 0) is 4.79 Å². The molecule has 1 aliphatic rings. The van der Waals surface area contributed by atoms with Gasteiger partial charge in [-0.2, -0.15) is 11.8 Å². The average Bonchev–Trinajstić information content (AvgIpc) is 2.43. The minimum atomic E-state index is -0.792. The minimum absolute atomic E-state index is 0.0159. The lowest BCUT2D eigenvalue weighted by Gasteiger charge is -2.36. The summed E-state index contributed by atoms with van der Waals surface area (Å²) < 4.78 is 0.0159. The second kappa shape index (κ2) is 7.76. The van der Waals surface area contributed by atoms with Crippen LogP contribution in [0, 0.1) is 0 Å². The van der Waals surface area contributed by atoms with Gasteiger partial charge in [0.1, 0.15) is 0 Å². The number of carbonyl (C=O) groups is 2. The Hall–Kier alpha value is -0.910. The van der Waals surface area contributed by atoms with Crippen molar-refractivity contribution >= 4 is 23.8 Å². The number of aliphatic carboxylic acids is 1. The van der Waals surface area contributed by atoms with Crippen molar-refractivity contribution in [3.63, 3.8) is 0 Å². The lowest BCUT2D eigenvalue weighted by molar-refractivity contribution is -0.137. The summed E-state index contributed by atoms with van der Waals surface area (Å²) in [5.74, 6) is -0.792. The number of carboxylic acids is 1. The molecule has 0 saturated carbocycles. The molecule has 0 aromatic carbocycles. The van der Waals surface area contributed by atoms with E-state index in [1.807, 2.05) is 11.2 Å². The quantitative estimate of drug-likeness (QED) is 0.791. The predicted molar refractivity (Wildman–Crippen MR) is 82.2 cm³/mol. The fraction of sp³-hybridized carbons (Fsp3) is 0.857. The number of thioether (sulfide) groups is 1. The normalized spacial score (nSPS) is 19.8. The second-order valence-electron chi connectivity index (χ2n) is 5.90. The number of nitrogens with one attached hydrogen (secondary N) is 1. The van der Waals surface area contributed by atoms with Gasteiger partial charge in [-0.05, 0) is 45.8 Å². The zero-order valence-electron chi connectivity index (χ0n) is 12.6. The van der Waals surface area contributed by atoms with E-state index >= 15 is 0 Å².